The van der Waals surface area contributed by atoms with Crippen molar-refractivity contribution in [3.63, 3.8) is 0 Å². The minimum Gasteiger partial charge on any atom is -0.457 e. The van der Waals surface area contributed by atoms with Crippen LogP contribution in [-0.4, -0.2) is 39.2 Å². The number of aryl methyl sites for hydroxylation is 1. The number of benzene rings is 2. The third-order valence-corrected chi connectivity index (χ3v) is 6.17. The minimum atomic E-state index is -0.285. The van der Waals surface area contributed by atoms with Crippen molar-refractivity contribution in [2.75, 3.05) is 11.4 Å². The predicted molar refractivity (Wildman–Crippen MR) is 125 cm³/mol. The average molecular weight is 460 g/mol. The molecule has 1 aliphatic rings. The average Bonchev–Trinajstić information content (AvgIpc) is 3.55. The standard InChI is InChI=1S/C24H21N5O3S/c1-28-13-16(12-25-28)24-27-21(15-33-24)23(31)26-17-11-22(30)29(14-17)18-7-9-20(10-8-18)32-19-5-3-2-4-6-19/h2-10,12-13,15,17H,11,14H2,1H3,(H,26,31). The monoisotopic (exact) mass is 459 g/mol. The van der Waals surface area contributed by atoms with Crippen molar-refractivity contribution in [1.29, 1.82) is 0 Å². The quantitative estimate of drug-likeness (QED) is 0.473. The van der Waals surface area contributed by atoms with Gasteiger partial charge in [-0.1, -0.05) is 18.2 Å². The largest absolute Gasteiger partial charge is 0.457 e. The molecule has 1 aliphatic heterocycles. The van der Waals surface area contributed by atoms with Gasteiger partial charge in [0.15, 0.2) is 0 Å². The maximum absolute atomic E-state index is 12.7. The van der Waals surface area contributed by atoms with E-state index in [1.165, 1.54) is 11.3 Å². The van der Waals surface area contributed by atoms with E-state index < -0.39 is 0 Å². The van der Waals surface area contributed by atoms with Gasteiger partial charge in [-0.15, -0.1) is 11.3 Å². The topological polar surface area (TPSA) is 89.4 Å². The van der Waals surface area contributed by atoms with E-state index in [4.69, 9.17) is 4.74 Å². The maximum atomic E-state index is 12.7. The number of hydrogen-bond acceptors (Lipinski definition) is 6. The van der Waals surface area contributed by atoms with Gasteiger partial charge in [0.1, 0.15) is 22.2 Å². The highest BCUT2D eigenvalue weighted by Gasteiger charge is 2.32. The Hall–Kier alpha value is -3.98. The van der Waals surface area contributed by atoms with Gasteiger partial charge in [-0.05, 0) is 36.4 Å². The van der Waals surface area contributed by atoms with Crippen LogP contribution >= 0.6 is 11.3 Å². The Labute approximate surface area is 194 Å². The minimum absolute atomic E-state index is 0.0358. The third kappa shape index (κ3) is 4.63. The van der Waals surface area contributed by atoms with E-state index in [1.54, 1.807) is 21.2 Å². The lowest BCUT2D eigenvalue weighted by Crippen LogP contribution is -2.37. The third-order valence-electron chi connectivity index (χ3n) is 5.28. The van der Waals surface area contributed by atoms with Crippen molar-refractivity contribution in [2.45, 2.75) is 12.5 Å². The second kappa shape index (κ2) is 8.87. The van der Waals surface area contributed by atoms with Crippen molar-refractivity contribution in [2.24, 2.45) is 7.05 Å². The van der Waals surface area contributed by atoms with Crippen LogP contribution in [0.4, 0.5) is 5.69 Å². The van der Waals surface area contributed by atoms with E-state index in [1.807, 2.05) is 67.8 Å². The summed E-state index contributed by atoms with van der Waals surface area (Å²) in [4.78, 5) is 31.4. The molecule has 8 nitrogen and oxygen atoms in total. The van der Waals surface area contributed by atoms with Crippen LogP contribution in [0.2, 0.25) is 0 Å². The summed E-state index contributed by atoms with van der Waals surface area (Å²) in [6, 6.07) is 16.6. The van der Waals surface area contributed by atoms with Crippen LogP contribution in [0.5, 0.6) is 11.5 Å². The molecule has 1 unspecified atom stereocenters. The molecular formula is C24H21N5O3S. The first-order valence-electron chi connectivity index (χ1n) is 10.4. The molecule has 2 aromatic heterocycles. The van der Waals surface area contributed by atoms with Crippen LogP contribution < -0.4 is 15.0 Å². The number of amides is 2. The summed E-state index contributed by atoms with van der Waals surface area (Å²) in [5.41, 5.74) is 1.97. The van der Waals surface area contributed by atoms with Crippen molar-refractivity contribution >= 4 is 28.8 Å². The molecule has 166 valence electrons. The van der Waals surface area contributed by atoms with Gasteiger partial charge in [0.05, 0.1) is 12.2 Å². The number of nitrogens with zero attached hydrogens (tertiary/aromatic N) is 4. The van der Waals surface area contributed by atoms with E-state index in [2.05, 4.69) is 15.4 Å². The summed E-state index contributed by atoms with van der Waals surface area (Å²) in [6.45, 7) is 0.406. The zero-order valence-electron chi connectivity index (χ0n) is 17.8. The summed E-state index contributed by atoms with van der Waals surface area (Å²) in [6.07, 6.45) is 3.81. The lowest BCUT2D eigenvalue weighted by atomic mass is 10.2. The predicted octanol–water partition coefficient (Wildman–Crippen LogP) is 3.87. The SMILES string of the molecule is Cn1cc(-c2nc(C(=O)NC3CC(=O)N(c4ccc(Oc5ccccc5)cc4)C3)cs2)cn1. The number of ether oxygens (including phenoxy) is 1. The van der Waals surface area contributed by atoms with E-state index in [9.17, 15) is 9.59 Å². The summed E-state index contributed by atoms with van der Waals surface area (Å²) in [7, 11) is 1.83. The maximum Gasteiger partial charge on any atom is 0.271 e. The van der Waals surface area contributed by atoms with Crippen LogP contribution in [0.15, 0.2) is 72.4 Å². The van der Waals surface area contributed by atoms with E-state index in [-0.39, 0.29) is 24.3 Å². The van der Waals surface area contributed by atoms with E-state index in [0.29, 0.717) is 18.0 Å². The van der Waals surface area contributed by atoms with Crippen molar-refractivity contribution in [3.05, 3.63) is 78.1 Å². The number of aromatic nitrogens is 3. The molecule has 0 radical (unpaired) electrons. The Morgan fingerprint density at radius 2 is 1.88 bits per heavy atom. The lowest BCUT2D eigenvalue weighted by molar-refractivity contribution is -0.117. The molecule has 1 N–H and O–H groups in total. The Morgan fingerprint density at radius 3 is 2.61 bits per heavy atom. The zero-order chi connectivity index (χ0) is 22.8. The smallest absolute Gasteiger partial charge is 0.271 e. The molecule has 3 heterocycles. The number of thiazole rings is 1. The van der Waals surface area contributed by atoms with Crippen LogP contribution in [-0.2, 0) is 11.8 Å². The molecule has 0 saturated carbocycles. The van der Waals surface area contributed by atoms with Crippen molar-refractivity contribution in [3.8, 4) is 22.1 Å². The molecule has 9 heteroatoms. The van der Waals surface area contributed by atoms with Crippen LogP contribution in [0, 0.1) is 0 Å². The molecule has 4 aromatic rings. The first-order chi connectivity index (χ1) is 16.0. The van der Waals surface area contributed by atoms with Gasteiger partial charge in [0.2, 0.25) is 5.91 Å². The van der Waals surface area contributed by atoms with Crippen molar-refractivity contribution in [1.82, 2.24) is 20.1 Å². The van der Waals surface area contributed by atoms with Gasteiger partial charge in [-0.3, -0.25) is 14.3 Å². The summed E-state index contributed by atoms with van der Waals surface area (Å²) in [5, 5.41) is 9.52. The van der Waals surface area contributed by atoms with Gasteiger partial charge in [0, 0.05) is 42.8 Å². The number of carbonyl (C=O) groups excluding carboxylic acids is 2. The molecule has 1 atom stereocenters. The molecule has 0 bridgehead atoms. The van der Waals surface area contributed by atoms with Crippen molar-refractivity contribution < 1.29 is 14.3 Å². The van der Waals surface area contributed by atoms with Gasteiger partial charge < -0.3 is 15.0 Å². The van der Waals surface area contributed by atoms with Crippen LogP contribution in [0.25, 0.3) is 10.6 Å². The number of anilines is 1. The molecule has 0 spiro atoms. The molecule has 0 aliphatic carbocycles. The first kappa shape index (κ1) is 20.9. The van der Waals surface area contributed by atoms with E-state index >= 15 is 0 Å². The van der Waals surface area contributed by atoms with Gasteiger partial charge in [0.25, 0.3) is 5.91 Å². The summed E-state index contributed by atoms with van der Waals surface area (Å²) < 4.78 is 7.50. The molecule has 1 fully saturated rings. The molecule has 33 heavy (non-hydrogen) atoms. The Balaban J connectivity index is 1.21. The summed E-state index contributed by atoms with van der Waals surface area (Å²) in [5.74, 6) is 1.12. The number of rotatable bonds is 6. The fourth-order valence-corrected chi connectivity index (χ4v) is 4.45. The molecule has 2 aromatic carbocycles. The number of carbonyl (C=O) groups is 2. The van der Waals surface area contributed by atoms with Gasteiger partial charge in [-0.25, -0.2) is 4.98 Å². The molecular weight excluding hydrogens is 438 g/mol. The Morgan fingerprint density at radius 1 is 1.12 bits per heavy atom. The second-order valence-electron chi connectivity index (χ2n) is 7.73. The fraction of sp³-hybridized carbons (Fsp3) is 0.167. The highest BCUT2D eigenvalue weighted by molar-refractivity contribution is 7.13. The molecule has 5 rings (SSSR count). The van der Waals surface area contributed by atoms with Crippen LogP contribution in [0.3, 0.4) is 0 Å². The molecule has 2 amide bonds. The summed E-state index contributed by atoms with van der Waals surface area (Å²) >= 11 is 1.39. The molecule has 1 saturated heterocycles. The normalized spacial score (nSPS) is 15.6. The number of hydrogen-bond donors (Lipinski definition) is 1. The van der Waals surface area contributed by atoms with Crippen LogP contribution in [0.1, 0.15) is 16.9 Å². The second-order valence-corrected chi connectivity index (χ2v) is 8.59. The highest BCUT2D eigenvalue weighted by Crippen LogP contribution is 2.27. The van der Waals surface area contributed by atoms with Gasteiger partial charge >= 0.3 is 0 Å². The fourth-order valence-electron chi connectivity index (χ4n) is 3.67. The highest BCUT2D eigenvalue weighted by atomic mass is 32.1. The Kier molecular flexibility index (Phi) is 5.62. The lowest BCUT2D eigenvalue weighted by Gasteiger charge is -2.17. The van der Waals surface area contributed by atoms with Gasteiger partial charge in [-0.2, -0.15) is 5.10 Å². The Bertz CT molecular complexity index is 1280. The van der Waals surface area contributed by atoms with E-state index in [0.717, 1.165) is 22.0 Å². The first-order valence-corrected chi connectivity index (χ1v) is 11.3. The number of para-hydroxylation sites is 1. The number of nitrogens with one attached hydrogen (secondary N) is 1. The zero-order valence-corrected chi connectivity index (χ0v) is 18.7.